The number of carboxylic acids is 1. The Hall–Kier alpha value is -1.54. The number of aliphatic carboxylic acids is 1. The summed E-state index contributed by atoms with van der Waals surface area (Å²) in [6.45, 7) is 0. The molecule has 1 aliphatic rings. The molecule has 5 heteroatoms. The van der Waals surface area contributed by atoms with Gasteiger partial charge in [-0.3, -0.25) is 4.79 Å². The van der Waals surface area contributed by atoms with Gasteiger partial charge in [0.1, 0.15) is 6.07 Å². The Morgan fingerprint density at radius 3 is 2.68 bits per heavy atom. The number of carbonyl (C=O) groups is 1. The third-order valence-electron chi connectivity index (χ3n) is 3.55. The van der Waals surface area contributed by atoms with Crippen molar-refractivity contribution in [1.29, 1.82) is 5.26 Å². The standard InChI is InChI=1S/C14H15BrN2O2/c15-12-7-11(4-3-10(12)9-16)17-14(8-13(18)19)5-1-2-6-14/h3-4,7,17H,1-2,5-6,8H2,(H,18,19). The molecule has 2 N–H and O–H groups in total. The van der Waals surface area contributed by atoms with Crippen LogP contribution in [0.4, 0.5) is 5.69 Å². The fraction of sp³-hybridized carbons (Fsp3) is 0.429. The lowest BCUT2D eigenvalue weighted by Gasteiger charge is -2.30. The van der Waals surface area contributed by atoms with E-state index < -0.39 is 5.97 Å². The van der Waals surface area contributed by atoms with E-state index in [4.69, 9.17) is 10.4 Å². The Labute approximate surface area is 120 Å². The maximum absolute atomic E-state index is 11.0. The smallest absolute Gasteiger partial charge is 0.305 e. The minimum atomic E-state index is -0.776. The number of anilines is 1. The van der Waals surface area contributed by atoms with Crippen molar-refractivity contribution in [2.24, 2.45) is 0 Å². The van der Waals surface area contributed by atoms with Crippen LogP contribution < -0.4 is 5.32 Å². The van der Waals surface area contributed by atoms with Crippen molar-refractivity contribution in [1.82, 2.24) is 0 Å². The van der Waals surface area contributed by atoms with Gasteiger partial charge in [0.15, 0.2) is 0 Å². The van der Waals surface area contributed by atoms with Crippen LogP contribution in [0.15, 0.2) is 22.7 Å². The quantitative estimate of drug-likeness (QED) is 0.889. The lowest BCUT2D eigenvalue weighted by atomic mass is 9.92. The van der Waals surface area contributed by atoms with Gasteiger partial charge in [0, 0.05) is 15.7 Å². The van der Waals surface area contributed by atoms with Gasteiger partial charge >= 0.3 is 5.97 Å². The van der Waals surface area contributed by atoms with Gasteiger partial charge < -0.3 is 10.4 Å². The minimum absolute atomic E-state index is 0.130. The molecule has 0 bridgehead atoms. The Kier molecular flexibility index (Phi) is 4.11. The minimum Gasteiger partial charge on any atom is -0.481 e. The van der Waals surface area contributed by atoms with E-state index in [1.807, 2.05) is 12.1 Å². The normalized spacial score (nSPS) is 16.8. The molecular weight excluding hydrogens is 308 g/mol. The molecule has 0 heterocycles. The zero-order valence-corrected chi connectivity index (χ0v) is 12.0. The highest BCUT2D eigenvalue weighted by atomic mass is 79.9. The summed E-state index contributed by atoms with van der Waals surface area (Å²) in [4.78, 5) is 11.0. The molecule has 0 radical (unpaired) electrons. The highest BCUT2D eigenvalue weighted by Gasteiger charge is 2.35. The number of benzene rings is 1. The topological polar surface area (TPSA) is 73.1 Å². The fourth-order valence-electron chi connectivity index (χ4n) is 2.68. The van der Waals surface area contributed by atoms with Crippen molar-refractivity contribution in [3.8, 4) is 6.07 Å². The number of carboxylic acid groups (broad SMARTS) is 1. The van der Waals surface area contributed by atoms with Crippen molar-refractivity contribution in [2.45, 2.75) is 37.6 Å². The Morgan fingerprint density at radius 2 is 2.16 bits per heavy atom. The van der Waals surface area contributed by atoms with Crippen molar-refractivity contribution < 1.29 is 9.90 Å². The number of halogens is 1. The monoisotopic (exact) mass is 322 g/mol. The summed E-state index contributed by atoms with van der Waals surface area (Å²) in [6, 6.07) is 7.48. The van der Waals surface area contributed by atoms with Gasteiger partial charge in [0.2, 0.25) is 0 Å². The average Bonchev–Trinajstić information content (AvgIpc) is 2.76. The summed E-state index contributed by atoms with van der Waals surface area (Å²) in [6.07, 6.45) is 3.98. The molecule has 0 saturated heterocycles. The number of hydrogen-bond acceptors (Lipinski definition) is 3. The zero-order chi connectivity index (χ0) is 13.9. The summed E-state index contributed by atoms with van der Waals surface area (Å²) >= 11 is 3.35. The molecule has 1 aromatic rings. The van der Waals surface area contributed by atoms with Crippen molar-refractivity contribution >= 4 is 27.6 Å². The van der Waals surface area contributed by atoms with Gasteiger partial charge in [-0.1, -0.05) is 12.8 Å². The average molecular weight is 323 g/mol. The third kappa shape index (κ3) is 3.27. The Bertz CT molecular complexity index is 531. The second-order valence-electron chi connectivity index (χ2n) is 4.99. The van der Waals surface area contributed by atoms with Crippen LogP contribution in [0.3, 0.4) is 0 Å². The predicted octanol–water partition coefficient (Wildman–Crippen LogP) is 3.52. The first-order valence-corrected chi connectivity index (χ1v) is 7.04. The summed E-state index contributed by atoms with van der Waals surface area (Å²) in [7, 11) is 0. The molecule has 0 atom stereocenters. The molecule has 0 spiro atoms. The maximum atomic E-state index is 11.0. The molecule has 2 rings (SSSR count). The summed E-state index contributed by atoms with van der Waals surface area (Å²) < 4.78 is 0.725. The van der Waals surface area contributed by atoms with Crippen LogP contribution in [-0.4, -0.2) is 16.6 Å². The Morgan fingerprint density at radius 1 is 1.47 bits per heavy atom. The maximum Gasteiger partial charge on any atom is 0.305 e. The molecule has 1 fully saturated rings. The van der Waals surface area contributed by atoms with E-state index in [1.165, 1.54) is 0 Å². The largest absolute Gasteiger partial charge is 0.481 e. The number of nitrogens with zero attached hydrogens (tertiary/aromatic N) is 1. The highest BCUT2D eigenvalue weighted by molar-refractivity contribution is 9.10. The highest BCUT2D eigenvalue weighted by Crippen LogP contribution is 2.36. The lowest BCUT2D eigenvalue weighted by molar-refractivity contribution is -0.138. The summed E-state index contributed by atoms with van der Waals surface area (Å²) in [5.74, 6) is -0.776. The van der Waals surface area contributed by atoms with Crippen LogP contribution in [-0.2, 0) is 4.79 Å². The van der Waals surface area contributed by atoms with Gasteiger partial charge in [-0.2, -0.15) is 5.26 Å². The summed E-state index contributed by atoms with van der Waals surface area (Å²) in [5.41, 5.74) is 1.08. The van der Waals surface area contributed by atoms with Crippen molar-refractivity contribution in [3.63, 3.8) is 0 Å². The van der Waals surface area contributed by atoms with Crippen molar-refractivity contribution in [3.05, 3.63) is 28.2 Å². The number of hydrogen-bond donors (Lipinski definition) is 2. The van der Waals surface area contributed by atoms with E-state index in [2.05, 4.69) is 27.3 Å². The van der Waals surface area contributed by atoms with E-state index in [1.54, 1.807) is 6.07 Å². The zero-order valence-electron chi connectivity index (χ0n) is 10.4. The molecule has 1 saturated carbocycles. The molecule has 19 heavy (non-hydrogen) atoms. The second-order valence-corrected chi connectivity index (χ2v) is 5.84. The van der Waals surface area contributed by atoms with Crippen LogP contribution >= 0.6 is 15.9 Å². The van der Waals surface area contributed by atoms with E-state index >= 15 is 0 Å². The predicted molar refractivity (Wildman–Crippen MR) is 75.9 cm³/mol. The van der Waals surface area contributed by atoms with E-state index in [9.17, 15) is 4.79 Å². The van der Waals surface area contributed by atoms with Crippen LogP contribution in [0.5, 0.6) is 0 Å². The van der Waals surface area contributed by atoms with Crippen LogP contribution in [0.1, 0.15) is 37.7 Å². The van der Waals surface area contributed by atoms with Crippen molar-refractivity contribution in [2.75, 3.05) is 5.32 Å². The lowest BCUT2D eigenvalue weighted by Crippen LogP contribution is -2.37. The number of nitrogens with one attached hydrogen (secondary N) is 1. The van der Waals surface area contributed by atoms with Gasteiger partial charge in [-0.15, -0.1) is 0 Å². The van der Waals surface area contributed by atoms with Gasteiger partial charge in [-0.05, 0) is 47.0 Å². The van der Waals surface area contributed by atoms with Crippen LogP contribution in [0.25, 0.3) is 0 Å². The third-order valence-corrected chi connectivity index (χ3v) is 4.21. The molecular formula is C14H15BrN2O2. The Balaban J connectivity index is 2.20. The first kappa shape index (κ1) is 13.9. The van der Waals surface area contributed by atoms with E-state index in [0.717, 1.165) is 35.8 Å². The molecule has 0 unspecified atom stereocenters. The van der Waals surface area contributed by atoms with E-state index in [0.29, 0.717) is 5.56 Å². The molecule has 1 aliphatic carbocycles. The first-order chi connectivity index (χ1) is 9.04. The molecule has 0 aliphatic heterocycles. The molecule has 4 nitrogen and oxygen atoms in total. The number of rotatable bonds is 4. The molecule has 100 valence electrons. The SMILES string of the molecule is N#Cc1ccc(NC2(CC(=O)O)CCCC2)cc1Br. The second kappa shape index (κ2) is 5.62. The molecule has 1 aromatic carbocycles. The molecule has 0 amide bonds. The van der Waals surface area contributed by atoms with Gasteiger partial charge in [0.25, 0.3) is 0 Å². The van der Waals surface area contributed by atoms with Gasteiger partial charge in [-0.25, -0.2) is 0 Å². The molecule has 0 aromatic heterocycles. The van der Waals surface area contributed by atoms with E-state index in [-0.39, 0.29) is 12.0 Å². The number of nitriles is 1. The first-order valence-electron chi connectivity index (χ1n) is 6.24. The van der Waals surface area contributed by atoms with Crippen LogP contribution in [0.2, 0.25) is 0 Å². The fourth-order valence-corrected chi connectivity index (χ4v) is 3.14. The summed E-state index contributed by atoms with van der Waals surface area (Å²) in [5, 5.41) is 21.3. The van der Waals surface area contributed by atoms with Gasteiger partial charge in [0.05, 0.1) is 12.0 Å². The van der Waals surface area contributed by atoms with Crippen LogP contribution in [0, 0.1) is 11.3 Å².